The van der Waals surface area contributed by atoms with Crippen LogP contribution in [0.2, 0.25) is 5.02 Å². The van der Waals surface area contributed by atoms with Gasteiger partial charge in [-0.3, -0.25) is 4.79 Å². The highest BCUT2D eigenvalue weighted by Crippen LogP contribution is 2.39. The monoisotopic (exact) mass is 416 g/mol. The highest BCUT2D eigenvalue weighted by Gasteiger charge is 2.28. The van der Waals surface area contributed by atoms with E-state index in [9.17, 15) is 4.79 Å². The number of carbonyl (C=O) groups excluding carboxylic acids is 1. The molecule has 3 heterocycles. The van der Waals surface area contributed by atoms with Crippen LogP contribution in [0.5, 0.6) is 5.75 Å². The van der Waals surface area contributed by atoms with Crippen LogP contribution in [0.25, 0.3) is 22.3 Å². The van der Waals surface area contributed by atoms with Crippen molar-refractivity contribution in [2.24, 2.45) is 0 Å². The number of carbonyl (C=O) groups is 1. The summed E-state index contributed by atoms with van der Waals surface area (Å²) in [6.07, 6.45) is 3.80. The second-order valence-corrected chi connectivity index (χ2v) is 7.49. The highest BCUT2D eigenvalue weighted by molar-refractivity contribution is 6.31. The van der Waals surface area contributed by atoms with Gasteiger partial charge in [0.1, 0.15) is 17.5 Å². The average Bonchev–Trinajstić information content (AvgIpc) is 3.20. The fraction of sp³-hybridized carbons (Fsp3) is 0.130. The second kappa shape index (κ2) is 7.72. The molecule has 0 radical (unpaired) electrons. The van der Waals surface area contributed by atoms with Crippen LogP contribution in [0.1, 0.15) is 16.1 Å². The average molecular weight is 417 g/mol. The van der Waals surface area contributed by atoms with Crippen molar-refractivity contribution in [3.63, 3.8) is 0 Å². The third-order valence-electron chi connectivity index (χ3n) is 4.99. The number of rotatable bonds is 4. The van der Waals surface area contributed by atoms with Crippen LogP contribution in [0, 0.1) is 0 Å². The molecule has 0 bridgehead atoms. The predicted octanol–water partition coefficient (Wildman–Crippen LogP) is 4.08. The van der Waals surface area contributed by atoms with Gasteiger partial charge in [-0.25, -0.2) is 15.0 Å². The van der Waals surface area contributed by atoms with Crippen molar-refractivity contribution in [2.75, 3.05) is 6.54 Å². The minimum Gasteiger partial charge on any atom is -0.487 e. The Labute approximate surface area is 177 Å². The number of para-hydroxylation sites is 1. The zero-order valence-corrected chi connectivity index (χ0v) is 16.6. The molecular formula is C23H17ClN4O2. The maximum atomic E-state index is 12.6. The van der Waals surface area contributed by atoms with Gasteiger partial charge in [-0.05, 0) is 30.3 Å². The molecule has 1 N–H and O–H groups in total. The van der Waals surface area contributed by atoms with E-state index >= 15 is 0 Å². The van der Waals surface area contributed by atoms with Gasteiger partial charge in [-0.15, -0.1) is 0 Å². The van der Waals surface area contributed by atoms with E-state index in [1.54, 1.807) is 30.6 Å². The van der Waals surface area contributed by atoms with Gasteiger partial charge in [-0.1, -0.05) is 35.9 Å². The topological polar surface area (TPSA) is 77.0 Å². The molecule has 7 heteroatoms. The number of fused-ring (bicyclic) bond motifs is 2. The first-order chi connectivity index (χ1) is 14.7. The molecule has 0 unspecified atom stereocenters. The quantitative estimate of drug-likeness (QED) is 0.542. The second-order valence-electron chi connectivity index (χ2n) is 7.06. The first-order valence-electron chi connectivity index (χ1n) is 9.58. The number of halogens is 1. The van der Waals surface area contributed by atoms with E-state index in [1.807, 2.05) is 36.4 Å². The number of pyridine rings is 1. The molecule has 1 atom stereocenters. The molecule has 1 aliphatic rings. The van der Waals surface area contributed by atoms with E-state index in [1.165, 1.54) is 0 Å². The van der Waals surface area contributed by atoms with Crippen molar-refractivity contribution < 1.29 is 9.53 Å². The van der Waals surface area contributed by atoms with Crippen molar-refractivity contribution in [1.29, 1.82) is 0 Å². The van der Waals surface area contributed by atoms with Gasteiger partial charge in [0, 0.05) is 34.8 Å². The fourth-order valence-electron chi connectivity index (χ4n) is 3.60. The number of nitrogens with one attached hydrogen (secondary N) is 1. The lowest BCUT2D eigenvalue weighted by Gasteiger charge is -2.13. The molecule has 2 aromatic carbocycles. The summed E-state index contributed by atoms with van der Waals surface area (Å²) in [6, 6.07) is 16.8. The summed E-state index contributed by atoms with van der Waals surface area (Å²) in [5.74, 6) is 1.04. The molecule has 4 aromatic rings. The Morgan fingerprint density at radius 1 is 1.10 bits per heavy atom. The largest absolute Gasteiger partial charge is 0.487 e. The highest BCUT2D eigenvalue weighted by atomic mass is 35.5. The van der Waals surface area contributed by atoms with Gasteiger partial charge in [0.15, 0.2) is 5.82 Å². The maximum absolute atomic E-state index is 12.6. The Kier molecular flexibility index (Phi) is 4.77. The van der Waals surface area contributed by atoms with E-state index in [2.05, 4.69) is 20.3 Å². The number of amides is 1. The number of hydrogen-bond donors (Lipinski definition) is 1. The third-order valence-corrected chi connectivity index (χ3v) is 5.21. The summed E-state index contributed by atoms with van der Waals surface area (Å²) in [5.41, 5.74) is 2.90. The number of benzene rings is 2. The molecule has 0 spiro atoms. The summed E-state index contributed by atoms with van der Waals surface area (Å²) < 4.78 is 6.13. The Hall–Kier alpha value is -3.51. The summed E-state index contributed by atoms with van der Waals surface area (Å²) >= 11 is 6.29. The smallest absolute Gasteiger partial charge is 0.270 e. The normalized spacial score (nSPS) is 14.9. The lowest BCUT2D eigenvalue weighted by atomic mass is 10.1. The molecule has 1 aliphatic heterocycles. The van der Waals surface area contributed by atoms with Crippen LogP contribution in [0.3, 0.4) is 0 Å². The lowest BCUT2D eigenvalue weighted by Crippen LogP contribution is -2.34. The lowest BCUT2D eigenvalue weighted by molar-refractivity contribution is 0.0929. The summed E-state index contributed by atoms with van der Waals surface area (Å²) in [5, 5.41) is 4.52. The minimum absolute atomic E-state index is 0.203. The molecule has 0 fully saturated rings. The van der Waals surface area contributed by atoms with Gasteiger partial charge in [0.25, 0.3) is 5.91 Å². The number of aromatic nitrogens is 3. The number of hydrogen-bond acceptors (Lipinski definition) is 5. The van der Waals surface area contributed by atoms with Gasteiger partial charge in [0.05, 0.1) is 17.6 Å². The Bertz CT molecular complexity index is 1250. The molecule has 0 saturated carbocycles. The van der Waals surface area contributed by atoms with Crippen molar-refractivity contribution >= 4 is 28.4 Å². The van der Waals surface area contributed by atoms with E-state index in [4.69, 9.17) is 16.3 Å². The van der Waals surface area contributed by atoms with Crippen LogP contribution in [-0.2, 0) is 6.42 Å². The number of ether oxygens (including phenoxy) is 1. The van der Waals surface area contributed by atoms with Gasteiger partial charge in [0.2, 0.25) is 0 Å². The molecule has 1 amide bonds. The Morgan fingerprint density at radius 3 is 2.80 bits per heavy atom. The zero-order chi connectivity index (χ0) is 20.5. The molecule has 0 saturated heterocycles. The van der Waals surface area contributed by atoms with E-state index in [0.717, 1.165) is 22.0 Å². The van der Waals surface area contributed by atoms with Crippen LogP contribution >= 0.6 is 11.6 Å². The third kappa shape index (κ3) is 3.57. The van der Waals surface area contributed by atoms with Crippen LogP contribution in [0.4, 0.5) is 0 Å². The maximum Gasteiger partial charge on any atom is 0.270 e. The molecule has 148 valence electrons. The SMILES string of the molecule is O=C(NC[C@@H]1Cc2cc(Cl)cc(-c3ncccn3)c2O1)c1ccc2ccccc2n1. The van der Waals surface area contributed by atoms with Crippen molar-refractivity contribution in [1.82, 2.24) is 20.3 Å². The van der Waals surface area contributed by atoms with Crippen LogP contribution in [-0.4, -0.2) is 33.5 Å². The molecule has 30 heavy (non-hydrogen) atoms. The fourth-order valence-corrected chi connectivity index (χ4v) is 3.84. The molecule has 2 aromatic heterocycles. The van der Waals surface area contributed by atoms with Gasteiger partial charge in [-0.2, -0.15) is 0 Å². The van der Waals surface area contributed by atoms with E-state index < -0.39 is 0 Å². The van der Waals surface area contributed by atoms with Crippen molar-refractivity contribution in [3.8, 4) is 17.1 Å². The Morgan fingerprint density at radius 2 is 1.93 bits per heavy atom. The van der Waals surface area contributed by atoms with Crippen LogP contribution < -0.4 is 10.1 Å². The van der Waals surface area contributed by atoms with Gasteiger partial charge < -0.3 is 10.1 Å². The first kappa shape index (κ1) is 18.5. The summed E-state index contributed by atoms with van der Waals surface area (Å²) in [6.45, 7) is 0.356. The molecule has 5 rings (SSSR count). The van der Waals surface area contributed by atoms with Crippen LogP contribution in [0.15, 0.2) is 67.0 Å². The Balaban J connectivity index is 1.31. The van der Waals surface area contributed by atoms with E-state index in [0.29, 0.717) is 35.3 Å². The van der Waals surface area contributed by atoms with Crippen molar-refractivity contribution in [3.05, 3.63) is 83.3 Å². The zero-order valence-electron chi connectivity index (χ0n) is 15.9. The number of nitrogens with zero attached hydrogens (tertiary/aromatic N) is 3. The summed E-state index contributed by atoms with van der Waals surface area (Å²) in [4.78, 5) is 25.6. The predicted molar refractivity (Wildman–Crippen MR) is 115 cm³/mol. The van der Waals surface area contributed by atoms with Crippen molar-refractivity contribution in [2.45, 2.75) is 12.5 Å². The van der Waals surface area contributed by atoms with Gasteiger partial charge >= 0.3 is 0 Å². The first-order valence-corrected chi connectivity index (χ1v) is 9.95. The molecule has 6 nitrogen and oxygen atoms in total. The summed E-state index contributed by atoms with van der Waals surface area (Å²) in [7, 11) is 0. The molecule has 0 aliphatic carbocycles. The standard InChI is InChI=1S/C23H17ClN4O2/c24-16-10-15-11-17(30-21(15)18(12-16)22-25-8-3-9-26-22)13-27-23(29)20-7-6-14-4-1-2-5-19(14)28-20/h1-10,12,17H,11,13H2,(H,27,29)/t17-/m0/s1. The molecular weight excluding hydrogens is 400 g/mol. The minimum atomic E-state index is -0.232. The van der Waals surface area contributed by atoms with E-state index in [-0.39, 0.29) is 12.0 Å².